The summed E-state index contributed by atoms with van der Waals surface area (Å²) in [5.74, 6) is -0.811. The Morgan fingerprint density at radius 1 is 1.16 bits per heavy atom. The fraction of sp³-hybridized carbons (Fsp3) is 0.429. The first kappa shape index (κ1) is 15.2. The van der Waals surface area contributed by atoms with E-state index in [-0.39, 0.29) is 12.3 Å². The first-order valence-corrected chi connectivity index (χ1v) is 6.10. The summed E-state index contributed by atoms with van der Waals surface area (Å²) in [7, 11) is 0. The molecule has 0 aliphatic carbocycles. The summed E-state index contributed by atoms with van der Waals surface area (Å²) in [6.07, 6.45) is 0.0591. The van der Waals surface area contributed by atoms with Crippen LogP contribution in [0.4, 0.5) is 0 Å². The van der Waals surface area contributed by atoms with Gasteiger partial charge in [0.05, 0.1) is 0 Å². The Morgan fingerprint density at radius 2 is 1.68 bits per heavy atom. The minimum absolute atomic E-state index is 0.0591. The Kier molecular flexibility index (Phi) is 4.32. The molecule has 5 heteroatoms. The molecule has 0 saturated heterocycles. The summed E-state index contributed by atoms with van der Waals surface area (Å²) in [4.78, 5) is 23.2. The summed E-state index contributed by atoms with van der Waals surface area (Å²) in [5, 5.41) is 2.76. The van der Waals surface area contributed by atoms with Crippen LogP contribution in [0.3, 0.4) is 0 Å². The van der Waals surface area contributed by atoms with Gasteiger partial charge in [0, 0.05) is 12.0 Å². The molecule has 104 valence electrons. The van der Waals surface area contributed by atoms with E-state index < -0.39 is 17.0 Å². The molecule has 0 aliphatic rings. The zero-order valence-electron chi connectivity index (χ0n) is 11.6. The molecule has 0 bridgehead atoms. The Hall–Kier alpha value is -1.88. The standard InChI is InChI=1S/C14H21N3O2/c1-13(2,9-11(15)18)17-12(19)14(3,16)10-7-5-4-6-8-10/h4-8H,9,16H2,1-3H3,(H2,15,18)(H,17,19). The van der Waals surface area contributed by atoms with Crippen LogP contribution in [0.5, 0.6) is 0 Å². The second-order valence-electron chi connectivity index (χ2n) is 5.55. The molecule has 0 fully saturated rings. The number of benzene rings is 1. The van der Waals surface area contributed by atoms with Gasteiger partial charge in [0.1, 0.15) is 5.54 Å². The third kappa shape index (κ3) is 4.06. The smallest absolute Gasteiger partial charge is 0.244 e. The van der Waals surface area contributed by atoms with Crippen molar-refractivity contribution in [2.24, 2.45) is 11.5 Å². The number of carbonyl (C=O) groups is 2. The maximum atomic E-state index is 12.3. The molecule has 1 unspecified atom stereocenters. The van der Waals surface area contributed by atoms with Crippen molar-refractivity contribution in [1.82, 2.24) is 5.32 Å². The number of nitrogens with two attached hydrogens (primary N) is 2. The fourth-order valence-corrected chi connectivity index (χ4v) is 1.83. The Labute approximate surface area is 113 Å². The lowest BCUT2D eigenvalue weighted by atomic mass is 9.90. The lowest BCUT2D eigenvalue weighted by molar-refractivity contribution is -0.128. The molecule has 0 heterocycles. The van der Waals surface area contributed by atoms with Crippen LogP contribution in [0.25, 0.3) is 0 Å². The first-order chi connectivity index (χ1) is 8.65. The molecule has 1 rings (SSSR count). The van der Waals surface area contributed by atoms with Gasteiger partial charge in [-0.05, 0) is 26.3 Å². The van der Waals surface area contributed by atoms with E-state index in [0.29, 0.717) is 5.56 Å². The van der Waals surface area contributed by atoms with Gasteiger partial charge in [0.25, 0.3) is 0 Å². The van der Waals surface area contributed by atoms with E-state index in [2.05, 4.69) is 5.32 Å². The SMILES string of the molecule is CC(C)(CC(N)=O)NC(=O)C(C)(N)c1ccccc1. The van der Waals surface area contributed by atoms with Crippen LogP contribution in [0.15, 0.2) is 30.3 Å². The number of rotatable bonds is 5. The molecular formula is C14H21N3O2. The van der Waals surface area contributed by atoms with Gasteiger partial charge in [-0.1, -0.05) is 30.3 Å². The summed E-state index contributed by atoms with van der Waals surface area (Å²) >= 11 is 0. The Morgan fingerprint density at radius 3 is 2.16 bits per heavy atom. The van der Waals surface area contributed by atoms with Gasteiger partial charge in [-0.2, -0.15) is 0 Å². The number of amides is 2. The van der Waals surface area contributed by atoms with Crippen molar-refractivity contribution in [3.63, 3.8) is 0 Å². The Balaban J connectivity index is 2.86. The van der Waals surface area contributed by atoms with Crippen molar-refractivity contribution in [3.8, 4) is 0 Å². The van der Waals surface area contributed by atoms with E-state index in [1.165, 1.54) is 0 Å². The maximum Gasteiger partial charge on any atom is 0.244 e. The summed E-state index contributed by atoms with van der Waals surface area (Å²) in [6.45, 7) is 5.10. The molecule has 5 nitrogen and oxygen atoms in total. The number of hydrogen-bond acceptors (Lipinski definition) is 3. The molecule has 0 saturated carbocycles. The van der Waals surface area contributed by atoms with Crippen LogP contribution < -0.4 is 16.8 Å². The number of nitrogens with one attached hydrogen (secondary N) is 1. The van der Waals surface area contributed by atoms with Gasteiger partial charge in [0.15, 0.2) is 0 Å². The first-order valence-electron chi connectivity index (χ1n) is 6.10. The molecule has 0 aromatic heterocycles. The van der Waals surface area contributed by atoms with Crippen LogP contribution in [-0.4, -0.2) is 17.4 Å². The molecule has 1 aromatic carbocycles. The van der Waals surface area contributed by atoms with E-state index >= 15 is 0 Å². The topological polar surface area (TPSA) is 98.2 Å². The lowest BCUT2D eigenvalue weighted by Crippen LogP contribution is -2.56. The number of hydrogen-bond donors (Lipinski definition) is 3. The minimum atomic E-state index is -1.16. The van der Waals surface area contributed by atoms with E-state index in [9.17, 15) is 9.59 Å². The largest absolute Gasteiger partial charge is 0.370 e. The average Bonchev–Trinajstić information content (AvgIpc) is 2.27. The van der Waals surface area contributed by atoms with Gasteiger partial charge >= 0.3 is 0 Å². The molecule has 0 aliphatic heterocycles. The van der Waals surface area contributed by atoms with Crippen LogP contribution in [0.2, 0.25) is 0 Å². The highest BCUT2D eigenvalue weighted by atomic mass is 16.2. The van der Waals surface area contributed by atoms with E-state index in [0.717, 1.165) is 0 Å². The molecule has 0 spiro atoms. The van der Waals surface area contributed by atoms with Gasteiger partial charge in [0.2, 0.25) is 11.8 Å². The summed E-state index contributed by atoms with van der Waals surface area (Å²) in [6, 6.07) is 9.08. The molecular weight excluding hydrogens is 242 g/mol. The summed E-state index contributed by atoms with van der Waals surface area (Å²) < 4.78 is 0. The van der Waals surface area contributed by atoms with Crippen molar-refractivity contribution in [1.29, 1.82) is 0 Å². The van der Waals surface area contributed by atoms with Gasteiger partial charge in [-0.15, -0.1) is 0 Å². The van der Waals surface area contributed by atoms with Gasteiger partial charge in [-0.25, -0.2) is 0 Å². The molecule has 1 aromatic rings. The zero-order valence-corrected chi connectivity index (χ0v) is 11.6. The predicted molar refractivity (Wildman–Crippen MR) is 74.0 cm³/mol. The zero-order chi connectivity index (χ0) is 14.7. The molecule has 2 amide bonds. The van der Waals surface area contributed by atoms with Crippen molar-refractivity contribution in [2.75, 3.05) is 0 Å². The highest BCUT2D eigenvalue weighted by Crippen LogP contribution is 2.19. The van der Waals surface area contributed by atoms with Crippen LogP contribution in [-0.2, 0) is 15.1 Å². The molecule has 5 N–H and O–H groups in total. The average molecular weight is 263 g/mol. The molecule has 1 atom stereocenters. The third-order valence-corrected chi connectivity index (χ3v) is 2.91. The van der Waals surface area contributed by atoms with Crippen LogP contribution >= 0.6 is 0 Å². The number of carbonyl (C=O) groups excluding carboxylic acids is 2. The highest BCUT2D eigenvalue weighted by Gasteiger charge is 2.34. The van der Waals surface area contributed by atoms with Gasteiger partial charge < -0.3 is 16.8 Å². The number of primary amides is 1. The lowest BCUT2D eigenvalue weighted by Gasteiger charge is -2.31. The van der Waals surface area contributed by atoms with Crippen molar-refractivity contribution in [2.45, 2.75) is 38.3 Å². The normalized spacial score (nSPS) is 14.5. The Bertz CT molecular complexity index is 467. The van der Waals surface area contributed by atoms with E-state index in [1.807, 2.05) is 18.2 Å². The molecule has 0 radical (unpaired) electrons. The second-order valence-corrected chi connectivity index (χ2v) is 5.55. The predicted octanol–water partition coefficient (Wildman–Crippen LogP) is 0.631. The van der Waals surface area contributed by atoms with Crippen LogP contribution in [0.1, 0.15) is 32.8 Å². The van der Waals surface area contributed by atoms with Crippen molar-refractivity contribution < 1.29 is 9.59 Å². The highest BCUT2D eigenvalue weighted by molar-refractivity contribution is 5.88. The second kappa shape index (κ2) is 5.40. The quantitative estimate of drug-likeness (QED) is 0.726. The van der Waals surface area contributed by atoms with Gasteiger partial charge in [-0.3, -0.25) is 9.59 Å². The molecule has 19 heavy (non-hydrogen) atoms. The van der Waals surface area contributed by atoms with Crippen LogP contribution in [0, 0.1) is 0 Å². The monoisotopic (exact) mass is 263 g/mol. The summed E-state index contributed by atoms with van der Waals surface area (Å²) in [5.41, 5.74) is 10.1. The fourth-order valence-electron chi connectivity index (χ4n) is 1.83. The van der Waals surface area contributed by atoms with Crippen molar-refractivity contribution in [3.05, 3.63) is 35.9 Å². The third-order valence-electron chi connectivity index (χ3n) is 2.91. The van der Waals surface area contributed by atoms with Crippen molar-refractivity contribution >= 4 is 11.8 Å². The van der Waals surface area contributed by atoms with E-state index in [4.69, 9.17) is 11.5 Å². The van der Waals surface area contributed by atoms with E-state index in [1.54, 1.807) is 32.9 Å². The maximum absolute atomic E-state index is 12.3. The minimum Gasteiger partial charge on any atom is -0.370 e.